The molecule has 2 aliphatic rings. The SMILES string of the molecule is O=C(Nc1ccc2nc(C(F)(F)F)ccc2c1)N1[C@H]2CC[C@@H]1c1c[nH]c(=O)cc1C2. The van der Waals surface area contributed by atoms with Gasteiger partial charge in [-0.05, 0) is 54.7 Å². The highest BCUT2D eigenvalue weighted by atomic mass is 19.4. The first-order chi connectivity index (χ1) is 14.3. The van der Waals surface area contributed by atoms with Gasteiger partial charge in [-0.3, -0.25) is 4.79 Å². The van der Waals surface area contributed by atoms with E-state index in [1.54, 1.807) is 29.3 Å². The fourth-order valence-electron chi connectivity index (χ4n) is 4.51. The number of carbonyl (C=O) groups excluding carboxylic acids is 1. The minimum absolute atomic E-state index is 0.0146. The number of aromatic amines is 1. The summed E-state index contributed by atoms with van der Waals surface area (Å²) in [6.07, 6.45) is -0.522. The van der Waals surface area contributed by atoms with Crippen LogP contribution in [0.3, 0.4) is 0 Å². The zero-order valence-electron chi connectivity index (χ0n) is 15.7. The normalized spacial score (nSPS) is 20.3. The number of rotatable bonds is 1. The highest BCUT2D eigenvalue weighted by molar-refractivity contribution is 5.93. The zero-order chi connectivity index (χ0) is 21.0. The van der Waals surface area contributed by atoms with Crippen molar-refractivity contribution in [3.05, 3.63) is 69.8 Å². The number of anilines is 1. The van der Waals surface area contributed by atoms with Crippen LogP contribution in [0.2, 0.25) is 0 Å². The molecule has 9 heteroatoms. The second-order valence-corrected chi connectivity index (χ2v) is 7.67. The number of fused-ring (bicyclic) bond motifs is 5. The Morgan fingerprint density at radius 2 is 2.00 bits per heavy atom. The summed E-state index contributed by atoms with van der Waals surface area (Å²) in [4.78, 5) is 32.7. The molecule has 1 aromatic carbocycles. The molecular weight excluding hydrogens is 397 g/mol. The van der Waals surface area contributed by atoms with E-state index in [9.17, 15) is 22.8 Å². The first-order valence-corrected chi connectivity index (χ1v) is 9.58. The van der Waals surface area contributed by atoms with Gasteiger partial charge in [0, 0.05) is 29.4 Å². The number of alkyl halides is 3. The zero-order valence-corrected chi connectivity index (χ0v) is 15.7. The molecule has 0 radical (unpaired) electrons. The third-order valence-corrected chi connectivity index (χ3v) is 5.83. The minimum atomic E-state index is -4.50. The molecule has 2 aromatic heterocycles. The summed E-state index contributed by atoms with van der Waals surface area (Å²) in [5, 5.41) is 3.36. The number of nitrogens with one attached hydrogen (secondary N) is 2. The maximum Gasteiger partial charge on any atom is 0.433 e. The van der Waals surface area contributed by atoms with E-state index < -0.39 is 11.9 Å². The molecule has 30 heavy (non-hydrogen) atoms. The van der Waals surface area contributed by atoms with Crippen LogP contribution in [0.5, 0.6) is 0 Å². The van der Waals surface area contributed by atoms with Crippen molar-refractivity contribution < 1.29 is 18.0 Å². The Balaban J connectivity index is 1.40. The molecule has 6 nitrogen and oxygen atoms in total. The highest BCUT2D eigenvalue weighted by Crippen LogP contribution is 2.43. The van der Waals surface area contributed by atoms with E-state index >= 15 is 0 Å². The fraction of sp³-hybridized carbons (Fsp3) is 0.286. The molecule has 154 valence electrons. The number of hydrogen-bond acceptors (Lipinski definition) is 3. The predicted octanol–water partition coefficient (Wildman–Crippen LogP) is 4.24. The van der Waals surface area contributed by atoms with Gasteiger partial charge in [0.15, 0.2) is 0 Å². The van der Waals surface area contributed by atoms with E-state index in [0.29, 0.717) is 17.5 Å². The van der Waals surface area contributed by atoms with Gasteiger partial charge in [-0.15, -0.1) is 0 Å². The topological polar surface area (TPSA) is 78.1 Å². The van der Waals surface area contributed by atoms with Crippen LogP contribution >= 0.6 is 0 Å². The number of hydrogen-bond donors (Lipinski definition) is 2. The molecule has 2 bridgehead atoms. The quantitative estimate of drug-likeness (QED) is 0.625. The standard InChI is InChI=1S/C21H17F3N4O2/c22-21(23,24)18-6-1-11-7-13(2-4-16(11)27-18)26-20(30)28-14-3-5-17(28)15-10-25-19(29)9-12(15)8-14/h1-2,4,6-7,9-10,14,17H,3,5,8H2,(H,25,29)(H,26,30)/t14-,17+/m0/s1. The van der Waals surface area contributed by atoms with Crippen molar-refractivity contribution in [1.29, 1.82) is 0 Å². The van der Waals surface area contributed by atoms with E-state index in [4.69, 9.17) is 0 Å². The van der Waals surface area contributed by atoms with E-state index in [1.165, 1.54) is 12.1 Å². The van der Waals surface area contributed by atoms with Crippen LogP contribution in [0.15, 0.2) is 47.4 Å². The Bertz CT molecular complexity index is 1220. The number of halogens is 3. The summed E-state index contributed by atoms with van der Waals surface area (Å²) in [7, 11) is 0. The van der Waals surface area contributed by atoms with Gasteiger partial charge in [-0.2, -0.15) is 13.2 Å². The molecule has 2 N–H and O–H groups in total. The van der Waals surface area contributed by atoms with Gasteiger partial charge in [0.25, 0.3) is 0 Å². The van der Waals surface area contributed by atoms with Crippen LogP contribution in [0.4, 0.5) is 23.7 Å². The van der Waals surface area contributed by atoms with Crippen LogP contribution in [-0.2, 0) is 12.6 Å². The van der Waals surface area contributed by atoms with E-state index in [-0.39, 0.29) is 29.2 Å². The van der Waals surface area contributed by atoms with Gasteiger partial charge in [0.1, 0.15) is 5.69 Å². The van der Waals surface area contributed by atoms with Gasteiger partial charge in [-0.25, -0.2) is 9.78 Å². The summed E-state index contributed by atoms with van der Waals surface area (Å²) in [5.41, 5.74) is 1.53. The van der Waals surface area contributed by atoms with Crippen molar-refractivity contribution in [2.45, 2.75) is 37.5 Å². The minimum Gasteiger partial charge on any atom is -0.329 e. The molecule has 1 saturated heterocycles. The second-order valence-electron chi connectivity index (χ2n) is 7.67. The smallest absolute Gasteiger partial charge is 0.329 e. The van der Waals surface area contributed by atoms with Crippen LogP contribution in [0.1, 0.15) is 35.7 Å². The number of H-pyrrole nitrogens is 1. The van der Waals surface area contributed by atoms with Crippen LogP contribution < -0.4 is 10.9 Å². The maximum absolute atomic E-state index is 13.0. The highest BCUT2D eigenvalue weighted by Gasteiger charge is 2.42. The van der Waals surface area contributed by atoms with E-state index in [0.717, 1.165) is 30.0 Å². The van der Waals surface area contributed by atoms with Crippen LogP contribution in [-0.4, -0.2) is 26.9 Å². The van der Waals surface area contributed by atoms with Crippen molar-refractivity contribution in [3.63, 3.8) is 0 Å². The number of pyridine rings is 2. The first kappa shape index (κ1) is 18.7. The number of amides is 2. The van der Waals surface area contributed by atoms with Gasteiger partial charge in [-0.1, -0.05) is 6.07 Å². The average Bonchev–Trinajstić information content (AvgIpc) is 3.02. The molecule has 0 saturated carbocycles. The lowest BCUT2D eigenvalue weighted by Gasteiger charge is -2.36. The van der Waals surface area contributed by atoms with Crippen molar-refractivity contribution >= 4 is 22.6 Å². The molecule has 2 amide bonds. The van der Waals surface area contributed by atoms with Gasteiger partial charge in [0.2, 0.25) is 5.56 Å². The largest absolute Gasteiger partial charge is 0.433 e. The Morgan fingerprint density at radius 3 is 2.80 bits per heavy atom. The molecular formula is C21H17F3N4O2. The summed E-state index contributed by atoms with van der Waals surface area (Å²) in [6.45, 7) is 0. The molecule has 3 aromatic rings. The molecule has 4 heterocycles. The average molecular weight is 414 g/mol. The third kappa shape index (κ3) is 3.10. The molecule has 0 spiro atoms. The van der Waals surface area contributed by atoms with Gasteiger partial charge in [0.05, 0.1) is 11.6 Å². The van der Waals surface area contributed by atoms with Gasteiger partial charge >= 0.3 is 12.2 Å². The Labute approximate surface area is 168 Å². The number of aromatic nitrogens is 2. The summed E-state index contributed by atoms with van der Waals surface area (Å²) in [5.74, 6) is 0. The van der Waals surface area contributed by atoms with Gasteiger partial charge < -0.3 is 15.2 Å². The lowest BCUT2D eigenvalue weighted by Crippen LogP contribution is -2.44. The van der Waals surface area contributed by atoms with Crippen LogP contribution in [0.25, 0.3) is 10.9 Å². The second kappa shape index (κ2) is 6.58. The Hall–Kier alpha value is -3.36. The van der Waals surface area contributed by atoms with Crippen molar-refractivity contribution in [1.82, 2.24) is 14.9 Å². The Kier molecular flexibility index (Phi) is 4.09. The molecule has 0 unspecified atom stereocenters. The van der Waals surface area contributed by atoms with Crippen molar-refractivity contribution in [3.8, 4) is 0 Å². The molecule has 5 rings (SSSR count). The molecule has 2 aliphatic heterocycles. The summed E-state index contributed by atoms with van der Waals surface area (Å²) in [6, 6.07) is 8.13. The van der Waals surface area contributed by atoms with Crippen molar-refractivity contribution in [2.24, 2.45) is 0 Å². The summed E-state index contributed by atoms with van der Waals surface area (Å²) >= 11 is 0. The maximum atomic E-state index is 13.0. The summed E-state index contributed by atoms with van der Waals surface area (Å²) < 4.78 is 38.5. The first-order valence-electron chi connectivity index (χ1n) is 9.58. The number of urea groups is 1. The number of nitrogens with zero attached hydrogens (tertiary/aromatic N) is 2. The predicted molar refractivity (Wildman–Crippen MR) is 104 cm³/mol. The van der Waals surface area contributed by atoms with E-state index in [1.807, 2.05) is 0 Å². The third-order valence-electron chi connectivity index (χ3n) is 5.83. The van der Waals surface area contributed by atoms with Crippen molar-refractivity contribution in [2.75, 3.05) is 5.32 Å². The lowest BCUT2D eigenvalue weighted by molar-refractivity contribution is -0.140. The molecule has 0 aliphatic carbocycles. The van der Waals surface area contributed by atoms with Crippen LogP contribution in [0, 0.1) is 0 Å². The monoisotopic (exact) mass is 414 g/mol. The van der Waals surface area contributed by atoms with E-state index in [2.05, 4.69) is 15.3 Å². The lowest BCUT2D eigenvalue weighted by atomic mass is 9.95. The number of carbonyl (C=O) groups is 1. The molecule has 2 atom stereocenters. The Morgan fingerprint density at radius 1 is 1.17 bits per heavy atom. The molecule has 1 fully saturated rings. The fourth-order valence-corrected chi connectivity index (χ4v) is 4.51. The number of benzene rings is 1.